The second-order valence-electron chi connectivity index (χ2n) is 4.15. The molecule has 0 unspecified atom stereocenters. The van der Waals surface area contributed by atoms with Gasteiger partial charge in [0.2, 0.25) is 10.0 Å². The first-order chi connectivity index (χ1) is 9.62. The van der Waals surface area contributed by atoms with Crippen LogP contribution in [0.15, 0.2) is 22.7 Å². The molecule has 9 heteroatoms. The molecular formula is C11H17N5O2S2. The molecule has 0 aliphatic rings. The summed E-state index contributed by atoms with van der Waals surface area (Å²) in [6.45, 7) is 1.13. The number of H-pyrrole nitrogens is 1. The van der Waals surface area contributed by atoms with Crippen LogP contribution in [-0.2, 0) is 22.9 Å². The fraction of sp³-hybridized carbons (Fsp3) is 0.455. The summed E-state index contributed by atoms with van der Waals surface area (Å²) in [6.07, 6.45) is 2.71. The maximum atomic E-state index is 12.1. The Hall–Kier alpha value is -1.29. The zero-order chi connectivity index (χ0) is 14.4. The molecule has 0 aliphatic heterocycles. The molecule has 0 atom stereocenters. The number of aromatic amines is 1. The van der Waals surface area contributed by atoms with Crippen molar-refractivity contribution in [1.82, 2.24) is 25.2 Å². The van der Waals surface area contributed by atoms with Gasteiger partial charge in [-0.15, -0.1) is 11.3 Å². The van der Waals surface area contributed by atoms with Crippen LogP contribution in [0.1, 0.15) is 10.7 Å². The van der Waals surface area contributed by atoms with Gasteiger partial charge in [0.15, 0.2) is 0 Å². The third kappa shape index (κ3) is 4.10. The quantitative estimate of drug-likeness (QED) is 0.644. The Morgan fingerprint density at radius 1 is 1.30 bits per heavy atom. The lowest BCUT2D eigenvalue weighted by atomic mass is 10.3. The normalized spacial score (nSPS) is 11.8. The minimum atomic E-state index is -3.43. The first kappa shape index (κ1) is 15.1. The molecule has 7 nitrogen and oxygen atoms in total. The van der Waals surface area contributed by atoms with Crippen molar-refractivity contribution < 1.29 is 8.42 Å². The highest BCUT2D eigenvalue weighted by molar-refractivity contribution is 7.91. The first-order valence-electron chi connectivity index (χ1n) is 6.19. The van der Waals surface area contributed by atoms with Crippen LogP contribution in [0.2, 0.25) is 0 Å². The Balaban J connectivity index is 1.90. The Kier molecular flexibility index (Phi) is 5.24. The van der Waals surface area contributed by atoms with Gasteiger partial charge in [-0.2, -0.15) is 5.10 Å². The smallest absolute Gasteiger partial charge is 0.250 e. The van der Waals surface area contributed by atoms with E-state index < -0.39 is 10.0 Å². The van der Waals surface area contributed by atoms with Crippen LogP contribution in [0.3, 0.4) is 0 Å². The third-order valence-electron chi connectivity index (χ3n) is 2.64. The standard InChI is InChI=1S/C11H17N5O2S2/c1-12-6-4-9-2-3-11(19-9)20(17,18)15-7-5-10-13-8-14-16-10/h2-3,8,12,15H,4-7H2,1H3,(H,13,14,16). The first-order valence-corrected chi connectivity index (χ1v) is 8.49. The predicted octanol–water partition coefficient (Wildman–Crippen LogP) is 0.149. The van der Waals surface area contributed by atoms with E-state index >= 15 is 0 Å². The number of aromatic nitrogens is 3. The summed E-state index contributed by atoms with van der Waals surface area (Å²) < 4.78 is 27.1. The van der Waals surface area contributed by atoms with Gasteiger partial charge >= 0.3 is 0 Å². The van der Waals surface area contributed by atoms with E-state index in [1.54, 1.807) is 6.07 Å². The second kappa shape index (κ2) is 6.93. The summed E-state index contributed by atoms with van der Waals surface area (Å²) >= 11 is 1.30. The molecule has 110 valence electrons. The molecule has 3 N–H and O–H groups in total. The number of hydrogen-bond donors (Lipinski definition) is 3. The van der Waals surface area contributed by atoms with E-state index in [0.29, 0.717) is 23.0 Å². The molecule has 0 aromatic carbocycles. The molecule has 0 aliphatic carbocycles. The molecular weight excluding hydrogens is 298 g/mol. The zero-order valence-corrected chi connectivity index (χ0v) is 12.7. The average molecular weight is 315 g/mol. The van der Waals surface area contributed by atoms with Crippen LogP contribution in [0, 0.1) is 0 Å². The predicted molar refractivity (Wildman–Crippen MR) is 77.2 cm³/mol. The number of rotatable bonds is 8. The Bertz CT molecular complexity index is 621. The summed E-state index contributed by atoms with van der Waals surface area (Å²) in [5.41, 5.74) is 0. The lowest BCUT2D eigenvalue weighted by Crippen LogP contribution is -2.25. The van der Waals surface area contributed by atoms with Gasteiger partial charge in [0.1, 0.15) is 16.4 Å². The topological polar surface area (TPSA) is 99.8 Å². The lowest BCUT2D eigenvalue weighted by molar-refractivity contribution is 0.583. The minimum Gasteiger partial charge on any atom is -0.319 e. The van der Waals surface area contributed by atoms with Gasteiger partial charge in [0, 0.05) is 17.8 Å². The molecule has 0 saturated heterocycles. The van der Waals surface area contributed by atoms with Gasteiger partial charge in [-0.25, -0.2) is 18.1 Å². The van der Waals surface area contributed by atoms with Crippen LogP contribution in [0.25, 0.3) is 0 Å². The van der Waals surface area contributed by atoms with Gasteiger partial charge in [-0.1, -0.05) is 0 Å². The maximum Gasteiger partial charge on any atom is 0.250 e. The van der Waals surface area contributed by atoms with Crippen LogP contribution in [0.5, 0.6) is 0 Å². The van der Waals surface area contributed by atoms with Gasteiger partial charge in [-0.05, 0) is 32.1 Å². The highest BCUT2D eigenvalue weighted by atomic mass is 32.2. The second-order valence-corrected chi connectivity index (χ2v) is 7.32. The van der Waals surface area contributed by atoms with Gasteiger partial charge in [0.25, 0.3) is 0 Å². The molecule has 2 rings (SSSR count). The molecule has 0 spiro atoms. The van der Waals surface area contributed by atoms with Gasteiger partial charge in [0.05, 0.1) is 0 Å². The molecule has 2 aromatic rings. The van der Waals surface area contributed by atoms with Crippen LogP contribution >= 0.6 is 11.3 Å². The van der Waals surface area contributed by atoms with Crippen LogP contribution in [-0.4, -0.2) is 43.7 Å². The SMILES string of the molecule is CNCCc1ccc(S(=O)(=O)NCCc2ncn[nH]2)s1. The number of nitrogens with zero attached hydrogens (tertiary/aromatic N) is 2. The van der Waals surface area contributed by atoms with E-state index in [1.165, 1.54) is 17.7 Å². The number of nitrogens with one attached hydrogen (secondary N) is 3. The highest BCUT2D eigenvalue weighted by Crippen LogP contribution is 2.21. The number of likely N-dealkylation sites (N-methyl/N-ethyl adjacent to an activating group) is 1. The molecule has 2 heterocycles. The third-order valence-corrected chi connectivity index (χ3v) is 5.74. The van der Waals surface area contributed by atoms with Gasteiger partial charge in [-0.3, -0.25) is 5.10 Å². The van der Waals surface area contributed by atoms with Crippen LogP contribution < -0.4 is 10.0 Å². The summed E-state index contributed by atoms with van der Waals surface area (Å²) in [5, 5.41) is 9.44. The molecule has 0 saturated carbocycles. The fourth-order valence-corrected chi connectivity index (χ4v) is 4.04. The fourth-order valence-electron chi connectivity index (χ4n) is 1.61. The maximum absolute atomic E-state index is 12.1. The largest absolute Gasteiger partial charge is 0.319 e. The molecule has 0 fully saturated rings. The van der Waals surface area contributed by atoms with E-state index in [-0.39, 0.29) is 0 Å². The summed E-state index contributed by atoms with van der Waals surface area (Å²) in [7, 11) is -1.56. The van der Waals surface area contributed by atoms with Crippen molar-refractivity contribution in [2.45, 2.75) is 17.1 Å². The van der Waals surface area contributed by atoms with E-state index in [1.807, 2.05) is 13.1 Å². The van der Waals surface area contributed by atoms with Crippen LogP contribution in [0.4, 0.5) is 0 Å². The summed E-state index contributed by atoms with van der Waals surface area (Å²) in [5.74, 6) is 0.661. The average Bonchev–Trinajstić information content (AvgIpc) is 3.07. The van der Waals surface area contributed by atoms with Crippen molar-refractivity contribution in [3.63, 3.8) is 0 Å². The summed E-state index contributed by atoms with van der Waals surface area (Å²) in [4.78, 5) is 4.99. The Morgan fingerprint density at radius 3 is 2.85 bits per heavy atom. The van der Waals surface area contributed by atoms with Crippen molar-refractivity contribution in [2.24, 2.45) is 0 Å². The molecule has 0 amide bonds. The summed E-state index contributed by atoms with van der Waals surface area (Å²) in [6, 6.07) is 3.50. The van der Waals surface area contributed by atoms with Crippen molar-refractivity contribution >= 4 is 21.4 Å². The monoisotopic (exact) mass is 315 g/mol. The zero-order valence-electron chi connectivity index (χ0n) is 11.1. The van der Waals surface area contributed by atoms with E-state index in [4.69, 9.17) is 0 Å². The number of thiophene rings is 1. The van der Waals surface area contributed by atoms with E-state index in [2.05, 4.69) is 25.2 Å². The molecule has 0 radical (unpaired) electrons. The highest BCUT2D eigenvalue weighted by Gasteiger charge is 2.16. The molecule has 20 heavy (non-hydrogen) atoms. The number of hydrogen-bond acceptors (Lipinski definition) is 6. The molecule has 0 bridgehead atoms. The lowest BCUT2D eigenvalue weighted by Gasteiger charge is -2.03. The van der Waals surface area contributed by atoms with Crippen molar-refractivity contribution in [2.75, 3.05) is 20.1 Å². The van der Waals surface area contributed by atoms with Crippen molar-refractivity contribution in [1.29, 1.82) is 0 Å². The Morgan fingerprint density at radius 2 is 2.15 bits per heavy atom. The minimum absolute atomic E-state index is 0.293. The molecule has 2 aromatic heterocycles. The van der Waals surface area contributed by atoms with E-state index in [0.717, 1.165) is 17.8 Å². The Labute approximate surface area is 121 Å². The van der Waals surface area contributed by atoms with Gasteiger partial charge < -0.3 is 5.32 Å². The van der Waals surface area contributed by atoms with Crippen molar-refractivity contribution in [3.05, 3.63) is 29.2 Å². The number of sulfonamides is 1. The van der Waals surface area contributed by atoms with E-state index in [9.17, 15) is 8.42 Å². The van der Waals surface area contributed by atoms with Crippen molar-refractivity contribution in [3.8, 4) is 0 Å².